The number of hydrogen-bond donors (Lipinski definition) is 3. The number of aliphatic hydroxyl groups excluding tert-OH is 1. The summed E-state index contributed by atoms with van der Waals surface area (Å²) in [5.41, 5.74) is -0.433. The number of aliphatic hydroxyl groups is 1. The topological polar surface area (TPSA) is 79.2 Å². The van der Waals surface area contributed by atoms with E-state index < -0.39 is 17.8 Å². The minimum absolute atomic E-state index is 0.0638. The van der Waals surface area contributed by atoms with Gasteiger partial charge in [-0.05, 0) is 24.6 Å². The number of aromatic nitrogens is 2. The maximum Gasteiger partial charge on any atom is 0.416 e. The minimum atomic E-state index is -4.48. The van der Waals surface area contributed by atoms with Crippen LogP contribution in [0.4, 0.5) is 29.3 Å². The summed E-state index contributed by atoms with van der Waals surface area (Å²) >= 11 is 0. The van der Waals surface area contributed by atoms with Crippen LogP contribution in [0.25, 0.3) is 0 Å². The van der Waals surface area contributed by atoms with Crippen molar-refractivity contribution >= 4 is 17.4 Å². The van der Waals surface area contributed by atoms with Crippen molar-refractivity contribution in [1.82, 2.24) is 9.78 Å². The van der Waals surface area contributed by atoms with Crippen LogP contribution in [0.2, 0.25) is 0 Å². The first-order valence-electron chi connectivity index (χ1n) is 6.69. The van der Waals surface area contributed by atoms with Crippen LogP contribution in [0.15, 0.2) is 30.6 Å². The van der Waals surface area contributed by atoms with E-state index in [1.54, 1.807) is 0 Å². The average Bonchev–Trinajstić information content (AvgIpc) is 2.87. The molecule has 1 aromatic heterocycles. The van der Waals surface area contributed by atoms with Gasteiger partial charge in [0.25, 0.3) is 0 Å². The van der Waals surface area contributed by atoms with Crippen molar-refractivity contribution in [2.45, 2.75) is 19.6 Å². The molecule has 3 N–H and O–H groups in total. The van der Waals surface area contributed by atoms with Crippen molar-refractivity contribution in [3.05, 3.63) is 41.7 Å². The number of hydrogen-bond acceptors (Lipinski definition) is 3. The zero-order valence-corrected chi connectivity index (χ0v) is 12.2. The molecule has 0 aliphatic rings. The van der Waals surface area contributed by atoms with Crippen molar-refractivity contribution in [2.24, 2.45) is 0 Å². The van der Waals surface area contributed by atoms with E-state index in [2.05, 4.69) is 15.7 Å². The Morgan fingerprint density at radius 2 is 2.09 bits per heavy atom. The highest BCUT2D eigenvalue weighted by atomic mass is 19.4. The third-order valence-electron chi connectivity index (χ3n) is 3.11. The van der Waals surface area contributed by atoms with Crippen LogP contribution >= 0.6 is 0 Å². The number of amides is 2. The summed E-state index contributed by atoms with van der Waals surface area (Å²) in [6.45, 7) is 1.46. The van der Waals surface area contributed by atoms with Gasteiger partial charge in [-0.25, -0.2) is 4.79 Å². The molecule has 2 amide bonds. The fourth-order valence-corrected chi connectivity index (χ4v) is 2.02. The van der Waals surface area contributed by atoms with Crippen LogP contribution in [-0.2, 0) is 12.7 Å². The second-order valence-electron chi connectivity index (χ2n) is 4.77. The summed E-state index contributed by atoms with van der Waals surface area (Å²) in [6, 6.07) is 2.89. The zero-order valence-electron chi connectivity index (χ0n) is 12.2. The van der Waals surface area contributed by atoms with Gasteiger partial charge >= 0.3 is 12.2 Å². The molecular formula is C14H15F3N4O2. The van der Waals surface area contributed by atoms with E-state index in [0.717, 1.165) is 6.07 Å². The fourth-order valence-electron chi connectivity index (χ4n) is 2.02. The van der Waals surface area contributed by atoms with Crippen LogP contribution in [0, 0.1) is 6.92 Å². The Morgan fingerprint density at radius 3 is 2.74 bits per heavy atom. The standard InChI is InChI=1S/C14H15F3N4O2/c1-9-11(14(15,16)17)3-2-4-12(9)20-13(23)19-10-7-18-21(8-10)5-6-22/h2-4,7-8,22H,5-6H2,1H3,(H2,19,20,23). The Balaban J connectivity index is 2.08. The van der Waals surface area contributed by atoms with E-state index in [0.29, 0.717) is 5.69 Å². The lowest BCUT2D eigenvalue weighted by Crippen LogP contribution is -2.20. The highest BCUT2D eigenvalue weighted by Crippen LogP contribution is 2.34. The maximum atomic E-state index is 12.8. The van der Waals surface area contributed by atoms with Crippen LogP contribution in [0.1, 0.15) is 11.1 Å². The molecule has 0 radical (unpaired) electrons. The summed E-state index contributed by atoms with van der Waals surface area (Å²) in [4.78, 5) is 11.9. The predicted octanol–water partition coefficient (Wildman–Crippen LogP) is 2.85. The van der Waals surface area contributed by atoms with Crippen LogP contribution < -0.4 is 10.6 Å². The van der Waals surface area contributed by atoms with Crippen LogP contribution in [-0.4, -0.2) is 27.5 Å². The molecule has 0 aliphatic carbocycles. The Bertz CT molecular complexity index is 698. The van der Waals surface area contributed by atoms with Gasteiger partial charge in [-0.15, -0.1) is 0 Å². The van der Waals surface area contributed by atoms with Gasteiger partial charge in [0.1, 0.15) is 0 Å². The molecule has 2 aromatic rings. The van der Waals surface area contributed by atoms with E-state index in [1.807, 2.05) is 0 Å². The van der Waals surface area contributed by atoms with Gasteiger partial charge in [-0.3, -0.25) is 4.68 Å². The highest BCUT2D eigenvalue weighted by Gasteiger charge is 2.33. The Kier molecular flexibility index (Phi) is 4.89. The molecule has 23 heavy (non-hydrogen) atoms. The second-order valence-corrected chi connectivity index (χ2v) is 4.77. The SMILES string of the molecule is Cc1c(NC(=O)Nc2cnn(CCO)c2)cccc1C(F)(F)F. The lowest BCUT2D eigenvalue weighted by atomic mass is 10.1. The lowest BCUT2D eigenvalue weighted by Gasteiger charge is -2.14. The molecule has 0 atom stereocenters. The Hall–Kier alpha value is -2.55. The number of anilines is 2. The summed E-state index contributed by atoms with van der Waals surface area (Å²) in [5.74, 6) is 0. The molecular weight excluding hydrogens is 313 g/mol. The average molecular weight is 328 g/mol. The number of rotatable bonds is 4. The van der Waals surface area contributed by atoms with E-state index >= 15 is 0 Å². The monoisotopic (exact) mass is 328 g/mol. The van der Waals surface area contributed by atoms with E-state index in [-0.39, 0.29) is 24.4 Å². The van der Waals surface area contributed by atoms with Gasteiger partial charge in [0.2, 0.25) is 0 Å². The molecule has 0 unspecified atom stereocenters. The van der Waals surface area contributed by atoms with Gasteiger partial charge < -0.3 is 15.7 Å². The van der Waals surface area contributed by atoms with E-state index in [4.69, 9.17) is 5.11 Å². The lowest BCUT2D eigenvalue weighted by molar-refractivity contribution is -0.138. The molecule has 2 rings (SSSR count). The van der Waals surface area contributed by atoms with Gasteiger partial charge in [0.05, 0.1) is 30.6 Å². The van der Waals surface area contributed by atoms with Gasteiger partial charge in [-0.2, -0.15) is 18.3 Å². The van der Waals surface area contributed by atoms with Crippen molar-refractivity contribution in [2.75, 3.05) is 17.2 Å². The largest absolute Gasteiger partial charge is 0.416 e. The summed E-state index contributed by atoms with van der Waals surface area (Å²) < 4.78 is 39.9. The molecule has 0 spiro atoms. The molecule has 6 nitrogen and oxygen atoms in total. The molecule has 0 aliphatic heterocycles. The zero-order chi connectivity index (χ0) is 17.0. The van der Waals surface area contributed by atoms with Crippen molar-refractivity contribution in [3.63, 3.8) is 0 Å². The third-order valence-corrected chi connectivity index (χ3v) is 3.11. The first-order chi connectivity index (χ1) is 10.8. The molecule has 9 heteroatoms. The van der Waals surface area contributed by atoms with Crippen molar-refractivity contribution in [3.8, 4) is 0 Å². The second kappa shape index (κ2) is 6.69. The molecule has 0 saturated heterocycles. The summed E-state index contributed by atoms with van der Waals surface area (Å²) in [6.07, 6.45) is -1.62. The number of halogens is 3. The van der Waals surface area contributed by atoms with Gasteiger partial charge in [0, 0.05) is 11.9 Å². The van der Waals surface area contributed by atoms with Gasteiger partial charge in [0.15, 0.2) is 0 Å². The molecule has 0 saturated carbocycles. The number of nitrogens with zero attached hydrogens (tertiary/aromatic N) is 2. The predicted molar refractivity (Wildman–Crippen MR) is 78.1 cm³/mol. The van der Waals surface area contributed by atoms with Crippen molar-refractivity contribution < 1.29 is 23.1 Å². The minimum Gasteiger partial charge on any atom is -0.394 e. The Morgan fingerprint density at radius 1 is 1.35 bits per heavy atom. The van der Waals surface area contributed by atoms with Gasteiger partial charge in [-0.1, -0.05) is 6.07 Å². The van der Waals surface area contributed by atoms with E-state index in [1.165, 1.54) is 36.1 Å². The molecule has 1 heterocycles. The number of carbonyl (C=O) groups excluding carboxylic acids is 1. The summed E-state index contributed by atoms with van der Waals surface area (Å²) in [7, 11) is 0. The number of carbonyl (C=O) groups is 1. The normalized spacial score (nSPS) is 11.3. The quantitative estimate of drug-likeness (QED) is 0.807. The maximum absolute atomic E-state index is 12.8. The molecule has 0 fully saturated rings. The number of benzene rings is 1. The van der Waals surface area contributed by atoms with Crippen molar-refractivity contribution in [1.29, 1.82) is 0 Å². The smallest absolute Gasteiger partial charge is 0.394 e. The fraction of sp³-hybridized carbons (Fsp3) is 0.286. The highest BCUT2D eigenvalue weighted by molar-refractivity contribution is 6.00. The van der Waals surface area contributed by atoms with Crippen LogP contribution in [0.5, 0.6) is 0 Å². The number of nitrogens with one attached hydrogen (secondary N) is 2. The van der Waals surface area contributed by atoms with Crippen LogP contribution in [0.3, 0.4) is 0 Å². The molecule has 1 aromatic carbocycles. The summed E-state index contributed by atoms with van der Waals surface area (Å²) in [5, 5.41) is 17.5. The number of urea groups is 1. The number of alkyl halides is 3. The Labute approximate surface area is 129 Å². The molecule has 124 valence electrons. The first kappa shape index (κ1) is 16.8. The third kappa shape index (κ3) is 4.22. The first-order valence-corrected chi connectivity index (χ1v) is 6.69. The molecule has 0 bridgehead atoms. The van der Waals surface area contributed by atoms with E-state index in [9.17, 15) is 18.0 Å².